The van der Waals surface area contributed by atoms with Gasteiger partial charge in [-0.2, -0.15) is 0 Å². The number of carbonyl (C=O) groups is 3. The number of imide groups is 1. The summed E-state index contributed by atoms with van der Waals surface area (Å²) in [5, 5.41) is 19.3. The minimum Gasteiger partial charge on any atom is -0.378 e. The first-order valence-corrected chi connectivity index (χ1v) is 19.3. The fraction of sp³-hybridized carbons (Fsp3) is 0.326. The molecule has 54 heavy (non-hydrogen) atoms. The third-order valence-corrected chi connectivity index (χ3v) is 11.2. The van der Waals surface area contributed by atoms with Crippen molar-refractivity contribution in [2.24, 2.45) is 0 Å². The Bertz CT molecular complexity index is 2200. The number of halogens is 1. The summed E-state index contributed by atoms with van der Waals surface area (Å²) >= 11 is 6.17. The van der Waals surface area contributed by atoms with E-state index < -0.39 is 6.04 Å². The molecule has 10 nitrogen and oxygen atoms in total. The molecular formula is C43H44ClN7O3. The van der Waals surface area contributed by atoms with Crippen LogP contribution in [0.3, 0.4) is 0 Å². The molecule has 5 aromatic rings. The molecular weight excluding hydrogens is 698 g/mol. The van der Waals surface area contributed by atoms with Gasteiger partial charge in [-0.25, -0.2) is 0 Å². The zero-order valence-corrected chi connectivity index (χ0v) is 31.2. The molecule has 0 radical (unpaired) electrons. The van der Waals surface area contributed by atoms with Gasteiger partial charge in [0.15, 0.2) is 0 Å². The minimum absolute atomic E-state index is 0.0961. The van der Waals surface area contributed by atoms with E-state index in [1.165, 1.54) is 27.8 Å². The van der Waals surface area contributed by atoms with Crippen molar-refractivity contribution in [1.29, 1.82) is 0 Å². The summed E-state index contributed by atoms with van der Waals surface area (Å²) in [4.78, 5) is 38.8. The quantitative estimate of drug-likeness (QED) is 0.0910. The predicted octanol–water partition coefficient (Wildman–Crippen LogP) is 7.26. The maximum Gasteiger partial charge on any atom is 0.255 e. The van der Waals surface area contributed by atoms with Crippen molar-refractivity contribution >= 4 is 35.0 Å². The maximum absolute atomic E-state index is 13.2. The summed E-state index contributed by atoms with van der Waals surface area (Å²) in [6, 6.07) is 28.8. The number of benzene rings is 4. The maximum atomic E-state index is 13.2. The van der Waals surface area contributed by atoms with E-state index in [4.69, 9.17) is 11.6 Å². The first-order valence-electron chi connectivity index (χ1n) is 18.9. The molecule has 4 aromatic carbocycles. The van der Waals surface area contributed by atoms with E-state index in [9.17, 15) is 14.4 Å². The molecule has 2 atom stereocenters. The highest BCUT2D eigenvalue weighted by atomic mass is 35.5. The normalized spacial score (nSPS) is 17.8. The highest BCUT2D eigenvalue weighted by Gasteiger charge is 2.39. The number of piperidine rings is 1. The lowest BCUT2D eigenvalue weighted by atomic mass is 9.95. The second-order valence-corrected chi connectivity index (χ2v) is 15.0. The van der Waals surface area contributed by atoms with Gasteiger partial charge < -0.3 is 15.5 Å². The predicted molar refractivity (Wildman–Crippen MR) is 209 cm³/mol. The van der Waals surface area contributed by atoms with Crippen LogP contribution in [0.4, 0.5) is 5.69 Å². The monoisotopic (exact) mass is 741 g/mol. The number of fused-ring (bicyclic) bond motifs is 4. The van der Waals surface area contributed by atoms with E-state index in [1.54, 1.807) is 4.90 Å². The van der Waals surface area contributed by atoms with Crippen LogP contribution in [0.15, 0.2) is 84.9 Å². The third kappa shape index (κ3) is 7.41. The fourth-order valence-corrected chi connectivity index (χ4v) is 8.22. The number of hydrogen-bond acceptors (Lipinski definition) is 7. The Hall–Kier alpha value is -5.32. The van der Waals surface area contributed by atoms with Crippen molar-refractivity contribution < 1.29 is 14.4 Å². The minimum atomic E-state index is -0.586. The smallest absolute Gasteiger partial charge is 0.255 e. The zero-order valence-electron chi connectivity index (χ0n) is 30.4. The molecule has 0 bridgehead atoms. The largest absolute Gasteiger partial charge is 0.378 e. The molecule has 1 saturated heterocycles. The summed E-state index contributed by atoms with van der Waals surface area (Å²) in [6.45, 7) is 4.16. The summed E-state index contributed by atoms with van der Waals surface area (Å²) in [5.41, 5.74) is 9.82. The summed E-state index contributed by atoms with van der Waals surface area (Å²) in [5.74, 6) is 1.11. The first kappa shape index (κ1) is 35.7. The van der Waals surface area contributed by atoms with Crippen molar-refractivity contribution in [2.75, 3.05) is 11.9 Å². The van der Waals surface area contributed by atoms with E-state index in [0.717, 1.165) is 85.2 Å². The van der Waals surface area contributed by atoms with Crippen LogP contribution in [-0.2, 0) is 35.5 Å². The third-order valence-electron chi connectivity index (χ3n) is 11.0. The van der Waals surface area contributed by atoms with Crippen LogP contribution in [-0.4, -0.2) is 50.0 Å². The molecule has 3 aliphatic rings. The van der Waals surface area contributed by atoms with Crippen LogP contribution in [0.2, 0.25) is 5.02 Å². The highest BCUT2D eigenvalue weighted by Crippen LogP contribution is 2.37. The molecule has 1 fully saturated rings. The molecule has 3 aliphatic heterocycles. The molecule has 11 heteroatoms. The Balaban J connectivity index is 0.842. The number of carbonyl (C=O) groups excluding carboxylic acids is 3. The van der Waals surface area contributed by atoms with Crippen molar-refractivity contribution in [2.45, 2.75) is 83.5 Å². The Morgan fingerprint density at radius 3 is 2.50 bits per heavy atom. The topological polar surface area (TPSA) is 121 Å². The van der Waals surface area contributed by atoms with Crippen LogP contribution < -0.4 is 16.0 Å². The molecule has 8 rings (SSSR count). The van der Waals surface area contributed by atoms with Crippen molar-refractivity contribution in [3.63, 3.8) is 0 Å². The van der Waals surface area contributed by atoms with Gasteiger partial charge in [0.05, 0.1) is 11.7 Å². The van der Waals surface area contributed by atoms with Crippen LogP contribution in [0.5, 0.6) is 0 Å². The van der Waals surface area contributed by atoms with Gasteiger partial charge in [-0.05, 0) is 121 Å². The summed E-state index contributed by atoms with van der Waals surface area (Å²) in [7, 11) is 0. The van der Waals surface area contributed by atoms with Crippen LogP contribution >= 0.6 is 11.6 Å². The van der Waals surface area contributed by atoms with Crippen molar-refractivity contribution in [3.8, 4) is 16.8 Å². The average Bonchev–Trinajstić information content (AvgIpc) is 3.67. The number of nitrogens with zero attached hydrogens (tertiary/aromatic N) is 4. The van der Waals surface area contributed by atoms with Crippen LogP contribution in [0.1, 0.15) is 88.8 Å². The lowest BCUT2D eigenvalue weighted by Crippen LogP contribution is -2.52. The molecule has 276 valence electrons. The lowest BCUT2D eigenvalue weighted by Gasteiger charge is -2.29. The molecule has 2 unspecified atom stereocenters. The van der Waals surface area contributed by atoms with Gasteiger partial charge in [0.1, 0.15) is 17.7 Å². The number of rotatable bonds is 12. The van der Waals surface area contributed by atoms with Gasteiger partial charge in [-0.3, -0.25) is 24.3 Å². The second-order valence-electron chi connectivity index (χ2n) is 14.5. The SMILES string of the molecule is Cc1nnc2n1-c1ccc(-c3ccc(CNCCCCCc4cccc5c4CN(C4CCC(=O)NC4=O)C5=O)cc3)cc1C(Nc1ccc(Cl)cc1)CC2. The van der Waals surface area contributed by atoms with Gasteiger partial charge in [-0.1, -0.05) is 60.5 Å². The Labute approximate surface area is 320 Å². The van der Waals surface area contributed by atoms with Crippen molar-refractivity contribution in [3.05, 3.63) is 129 Å². The Morgan fingerprint density at radius 2 is 1.69 bits per heavy atom. The van der Waals surface area contributed by atoms with Gasteiger partial charge >= 0.3 is 0 Å². The van der Waals surface area contributed by atoms with E-state index in [1.807, 2.05) is 43.3 Å². The average molecular weight is 742 g/mol. The van der Waals surface area contributed by atoms with E-state index in [0.29, 0.717) is 18.5 Å². The molecule has 0 aliphatic carbocycles. The number of hydrogen-bond donors (Lipinski definition) is 3. The number of aromatic nitrogens is 3. The number of nitrogens with one attached hydrogen (secondary N) is 3. The summed E-state index contributed by atoms with van der Waals surface area (Å²) < 4.78 is 2.19. The van der Waals surface area contributed by atoms with Crippen molar-refractivity contribution in [1.82, 2.24) is 30.3 Å². The standard InChI is InChI=1S/C43H44ClN7O3/c1-27-48-49-40-21-18-37(46-33-16-14-32(44)15-17-33)35-24-31(13-19-38(35)51(27)40)29-11-9-28(10-12-29)25-45-23-4-2-3-6-30-7-5-8-34-36(30)26-50(43(34)54)39-20-22-41(52)47-42(39)53/h5,7-17,19,24,37,39,45-46H,2-4,6,18,20-23,25-26H2,1H3,(H,47,52,53). The Kier molecular flexibility index (Phi) is 10.3. The molecule has 0 saturated carbocycles. The molecule has 3 N–H and O–H groups in total. The van der Waals surface area contributed by atoms with Gasteiger partial charge in [0.25, 0.3) is 5.91 Å². The van der Waals surface area contributed by atoms with E-state index in [-0.39, 0.29) is 30.2 Å². The van der Waals surface area contributed by atoms with Gasteiger partial charge in [0, 0.05) is 42.2 Å². The number of amides is 3. The zero-order chi connectivity index (χ0) is 37.2. The first-order chi connectivity index (χ1) is 26.3. The number of anilines is 1. The van der Waals surface area contributed by atoms with E-state index >= 15 is 0 Å². The number of aryl methyl sites for hydroxylation is 3. The van der Waals surface area contributed by atoms with Gasteiger partial charge in [0.2, 0.25) is 11.8 Å². The Morgan fingerprint density at radius 1 is 0.870 bits per heavy atom. The summed E-state index contributed by atoms with van der Waals surface area (Å²) in [6.07, 6.45) is 6.39. The van der Waals surface area contributed by atoms with Crippen LogP contribution in [0.25, 0.3) is 16.8 Å². The molecule has 0 spiro atoms. The molecule has 3 amide bonds. The second kappa shape index (κ2) is 15.6. The number of unbranched alkanes of at least 4 members (excludes halogenated alkanes) is 2. The van der Waals surface area contributed by atoms with Crippen LogP contribution in [0, 0.1) is 6.92 Å². The molecule has 4 heterocycles. The fourth-order valence-electron chi connectivity index (χ4n) is 8.10. The molecule has 1 aromatic heterocycles. The highest BCUT2D eigenvalue weighted by molar-refractivity contribution is 6.30. The lowest BCUT2D eigenvalue weighted by molar-refractivity contribution is -0.136. The van der Waals surface area contributed by atoms with E-state index in [2.05, 4.69) is 79.2 Å². The van der Waals surface area contributed by atoms with Gasteiger partial charge in [-0.15, -0.1) is 10.2 Å².